The second kappa shape index (κ2) is 7.76. The molecule has 30 heavy (non-hydrogen) atoms. The topological polar surface area (TPSA) is 61.4 Å². The van der Waals surface area contributed by atoms with Crippen LogP contribution in [0.2, 0.25) is 0 Å². The highest BCUT2D eigenvalue weighted by Gasteiger charge is 2.47. The standard InChI is InChI=1S/C22H25N5OS2/c1-15-23-17(13-29-15)11-26-9-7-22(8-10-26)21(28)27(12-18-14-30-16(2)24-18)20-6-4-3-5-19(20)25-22/h3-6,13-14,25H,7-12H2,1-2H3. The molecule has 2 aliphatic heterocycles. The molecule has 1 N–H and O–H groups in total. The van der Waals surface area contributed by atoms with Gasteiger partial charge in [0.05, 0.1) is 39.3 Å². The maximum atomic E-state index is 13.8. The first-order valence-electron chi connectivity index (χ1n) is 10.3. The lowest BCUT2D eigenvalue weighted by molar-refractivity contribution is -0.125. The molecule has 1 fully saturated rings. The largest absolute Gasteiger partial charge is 0.369 e. The van der Waals surface area contributed by atoms with Crippen molar-refractivity contribution in [2.75, 3.05) is 23.3 Å². The van der Waals surface area contributed by atoms with E-state index >= 15 is 0 Å². The number of hydrogen-bond acceptors (Lipinski definition) is 7. The van der Waals surface area contributed by atoms with E-state index in [1.165, 1.54) is 0 Å². The molecule has 5 rings (SSSR count). The summed E-state index contributed by atoms with van der Waals surface area (Å²) in [7, 11) is 0. The van der Waals surface area contributed by atoms with Crippen molar-refractivity contribution in [3.8, 4) is 0 Å². The Kier molecular flexibility index (Phi) is 5.08. The second-order valence-electron chi connectivity index (χ2n) is 8.11. The number of amides is 1. The molecule has 8 heteroatoms. The number of carbonyl (C=O) groups excluding carboxylic acids is 1. The van der Waals surface area contributed by atoms with Crippen molar-refractivity contribution < 1.29 is 4.79 Å². The number of aryl methyl sites for hydroxylation is 2. The number of hydrogen-bond donors (Lipinski definition) is 1. The number of anilines is 2. The van der Waals surface area contributed by atoms with Crippen LogP contribution in [0.5, 0.6) is 0 Å². The molecule has 0 radical (unpaired) electrons. The van der Waals surface area contributed by atoms with E-state index in [0.717, 1.165) is 65.3 Å². The van der Waals surface area contributed by atoms with Gasteiger partial charge >= 0.3 is 0 Å². The van der Waals surface area contributed by atoms with Crippen molar-refractivity contribution in [3.05, 3.63) is 56.4 Å². The predicted molar refractivity (Wildman–Crippen MR) is 122 cm³/mol. The summed E-state index contributed by atoms with van der Waals surface area (Å²) in [5.41, 5.74) is 3.51. The van der Waals surface area contributed by atoms with E-state index in [-0.39, 0.29) is 5.91 Å². The van der Waals surface area contributed by atoms with Crippen LogP contribution in [-0.4, -0.2) is 39.4 Å². The molecule has 2 aromatic heterocycles. The minimum absolute atomic E-state index is 0.163. The molecule has 0 atom stereocenters. The zero-order valence-electron chi connectivity index (χ0n) is 17.2. The maximum absolute atomic E-state index is 13.8. The van der Waals surface area contributed by atoms with Gasteiger partial charge in [-0.05, 0) is 38.8 Å². The predicted octanol–water partition coefficient (Wildman–Crippen LogP) is 4.21. The van der Waals surface area contributed by atoms with E-state index in [1.807, 2.05) is 36.9 Å². The Bertz CT molecular complexity index is 1070. The quantitative estimate of drug-likeness (QED) is 0.660. The van der Waals surface area contributed by atoms with Crippen LogP contribution in [0.4, 0.5) is 11.4 Å². The molecule has 0 unspecified atom stereocenters. The van der Waals surface area contributed by atoms with Gasteiger partial charge in [0.25, 0.3) is 5.91 Å². The first-order chi connectivity index (χ1) is 14.5. The normalized spacial score (nSPS) is 18.5. The van der Waals surface area contributed by atoms with E-state index in [0.29, 0.717) is 6.54 Å². The number of piperidine rings is 1. The Morgan fingerprint density at radius 2 is 1.63 bits per heavy atom. The van der Waals surface area contributed by atoms with E-state index in [4.69, 9.17) is 0 Å². The number of carbonyl (C=O) groups is 1. The summed E-state index contributed by atoms with van der Waals surface area (Å²) >= 11 is 3.32. The minimum atomic E-state index is -0.548. The molecule has 1 saturated heterocycles. The summed E-state index contributed by atoms with van der Waals surface area (Å²) in [5.74, 6) is 0.163. The number of nitrogens with zero attached hydrogens (tertiary/aromatic N) is 4. The summed E-state index contributed by atoms with van der Waals surface area (Å²) in [5, 5.41) is 9.95. The molecule has 1 amide bonds. The molecule has 2 aliphatic rings. The Labute approximate surface area is 184 Å². The third kappa shape index (κ3) is 3.64. The number of rotatable bonds is 4. The molecule has 3 aromatic rings. The number of thiazole rings is 2. The van der Waals surface area contributed by atoms with Crippen LogP contribution in [0.1, 0.15) is 34.2 Å². The molecule has 0 bridgehead atoms. The number of aromatic nitrogens is 2. The van der Waals surface area contributed by atoms with Crippen molar-refractivity contribution in [1.29, 1.82) is 0 Å². The fraction of sp³-hybridized carbons (Fsp3) is 0.409. The SMILES string of the molecule is Cc1nc(CN2CCC3(CC2)Nc2ccccc2N(Cc2csc(C)n2)C3=O)cs1. The molecule has 0 saturated carbocycles. The maximum Gasteiger partial charge on any atom is 0.253 e. The summed E-state index contributed by atoms with van der Waals surface area (Å²) in [6.07, 6.45) is 1.58. The van der Waals surface area contributed by atoms with Crippen molar-refractivity contribution in [1.82, 2.24) is 14.9 Å². The lowest BCUT2D eigenvalue weighted by atomic mass is 9.83. The average molecular weight is 440 g/mol. The molecule has 4 heterocycles. The van der Waals surface area contributed by atoms with Crippen molar-refractivity contribution in [3.63, 3.8) is 0 Å². The summed E-state index contributed by atoms with van der Waals surface area (Å²) in [6.45, 7) is 7.17. The van der Waals surface area contributed by atoms with Gasteiger partial charge in [-0.1, -0.05) is 12.1 Å². The van der Waals surface area contributed by atoms with Crippen molar-refractivity contribution in [2.24, 2.45) is 0 Å². The Hall–Kier alpha value is -2.29. The summed E-state index contributed by atoms with van der Waals surface area (Å²) in [6, 6.07) is 8.11. The second-order valence-corrected chi connectivity index (χ2v) is 10.2. The lowest BCUT2D eigenvalue weighted by Crippen LogP contribution is -2.61. The third-order valence-electron chi connectivity index (χ3n) is 5.97. The number of para-hydroxylation sites is 2. The molecule has 1 spiro atoms. The Balaban J connectivity index is 1.37. The van der Waals surface area contributed by atoms with Crippen LogP contribution >= 0.6 is 22.7 Å². The van der Waals surface area contributed by atoms with E-state index in [2.05, 4.69) is 37.0 Å². The monoisotopic (exact) mass is 439 g/mol. The lowest BCUT2D eigenvalue weighted by Gasteiger charge is -2.47. The Morgan fingerprint density at radius 1 is 1.00 bits per heavy atom. The van der Waals surface area contributed by atoms with Crippen molar-refractivity contribution in [2.45, 2.75) is 45.3 Å². The number of likely N-dealkylation sites (tertiary alicyclic amines) is 1. The highest BCUT2D eigenvalue weighted by Crippen LogP contribution is 2.40. The highest BCUT2D eigenvalue weighted by molar-refractivity contribution is 7.09. The van der Waals surface area contributed by atoms with Gasteiger partial charge in [-0.2, -0.15) is 0 Å². The van der Waals surface area contributed by atoms with Crippen LogP contribution < -0.4 is 10.2 Å². The fourth-order valence-electron chi connectivity index (χ4n) is 4.44. The first kappa shape index (κ1) is 19.7. The van der Waals surface area contributed by atoms with Crippen LogP contribution in [-0.2, 0) is 17.9 Å². The van der Waals surface area contributed by atoms with Crippen LogP contribution in [0.3, 0.4) is 0 Å². The molecule has 6 nitrogen and oxygen atoms in total. The average Bonchev–Trinajstić information content (AvgIpc) is 3.35. The van der Waals surface area contributed by atoms with Crippen LogP contribution in [0, 0.1) is 13.8 Å². The third-order valence-corrected chi connectivity index (χ3v) is 7.62. The fourth-order valence-corrected chi connectivity index (χ4v) is 5.64. The summed E-state index contributed by atoms with van der Waals surface area (Å²) < 4.78 is 0. The van der Waals surface area contributed by atoms with Gasteiger partial charge in [-0.25, -0.2) is 9.97 Å². The van der Waals surface area contributed by atoms with Crippen LogP contribution in [0.25, 0.3) is 0 Å². The molecular formula is C22H25N5OS2. The molecule has 0 aliphatic carbocycles. The van der Waals surface area contributed by atoms with Gasteiger partial charge in [-0.3, -0.25) is 9.69 Å². The van der Waals surface area contributed by atoms with Crippen molar-refractivity contribution >= 4 is 40.0 Å². The van der Waals surface area contributed by atoms with Gasteiger partial charge in [0.2, 0.25) is 0 Å². The molecule has 1 aromatic carbocycles. The van der Waals surface area contributed by atoms with Gasteiger partial charge in [0.15, 0.2) is 0 Å². The Morgan fingerprint density at radius 3 is 2.27 bits per heavy atom. The molecule has 156 valence electrons. The van der Waals surface area contributed by atoms with Gasteiger partial charge in [-0.15, -0.1) is 22.7 Å². The number of benzene rings is 1. The van der Waals surface area contributed by atoms with E-state index in [1.54, 1.807) is 22.7 Å². The summed E-state index contributed by atoms with van der Waals surface area (Å²) in [4.78, 5) is 27.3. The zero-order chi connectivity index (χ0) is 20.7. The first-order valence-corrected chi connectivity index (χ1v) is 12.0. The van der Waals surface area contributed by atoms with Gasteiger partial charge in [0.1, 0.15) is 5.54 Å². The van der Waals surface area contributed by atoms with Crippen LogP contribution in [0.15, 0.2) is 35.0 Å². The highest BCUT2D eigenvalue weighted by atomic mass is 32.1. The minimum Gasteiger partial charge on any atom is -0.369 e. The van der Waals surface area contributed by atoms with Gasteiger partial charge < -0.3 is 10.2 Å². The van der Waals surface area contributed by atoms with E-state index < -0.39 is 5.54 Å². The number of fused-ring (bicyclic) bond motifs is 1. The van der Waals surface area contributed by atoms with Gasteiger partial charge in [0, 0.05) is 30.4 Å². The zero-order valence-corrected chi connectivity index (χ0v) is 18.9. The smallest absolute Gasteiger partial charge is 0.253 e. The molecular weight excluding hydrogens is 414 g/mol. The number of nitrogens with one attached hydrogen (secondary N) is 1. The van der Waals surface area contributed by atoms with E-state index in [9.17, 15) is 4.79 Å².